The molecule has 0 bridgehead atoms. The molecular formula is C18H18O. The third-order valence-corrected chi connectivity index (χ3v) is 3.88. The van der Waals surface area contributed by atoms with Crippen LogP contribution in [0.1, 0.15) is 24.0 Å². The van der Waals surface area contributed by atoms with Gasteiger partial charge in [-0.05, 0) is 24.0 Å². The molecule has 0 saturated carbocycles. The molecular weight excluding hydrogens is 232 g/mol. The summed E-state index contributed by atoms with van der Waals surface area (Å²) in [4.78, 5) is 0. The molecule has 1 aliphatic rings. The van der Waals surface area contributed by atoms with Gasteiger partial charge in [0.25, 0.3) is 0 Å². The van der Waals surface area contributed by atoms with Crippen LogP contribution in [-0.4, -0.2) is 6.10 Å². The highest BCUT2D eigenvalue weighted by Gasteiger charge is 2.42. The van der Waals surface area contributed by atoms with Crippen molar-refractivity contribution in [3.05, 3.63) is 84.4 Å². The van der Waals surface area contributed by atoms with E-state index in [0.29, 0.717) is 0 Å². The Hall–Kier alpha value is -1.86. The first kappa shape index (κ1) is 12.2. The van der Waals surface area contributed by atoms with E-state index in [1.165, 1.54) is 11.1 Å². The molecule has 0 radical (unpaired) electrons. The van der Waals surface area contributed by atoms with Crippen LogP contribution in [0.3, 0.4) is 0 Å². The summed E-state index contributed by atoms with van der Waals surface area (Å²) in [7, 11) is 0. The Labute approximate surface area is 114 Å². The van der Waals surface area contributed by atoms with Crippen molar-refractivity contribution in [3.8, 4) is 0 Å². The minimum atomic E-state index is -0.318. The van der Waals surface area contributed by atoms with Gasteiger partial charge < -0.3 is 4.74 Å². The molecule has 1 saturated heterocycles. The normalized spacial score (nSPS) is 21.2. The monoisotopic (exact) mass is 250 g/mol. The van der Waals surface area contributed by atoms with Crippen LogP contribution in [0.25, 0.3) is 0 Å². The lowest BCUT2D eigenvalue weighted by Gasteiger charge is -2.30. The quantitative estimate of drug-likeness (QED) is 0.738. The summed E-state index contributed by atoms with van der Waals surface area (Å²) in [5.74, 6) is 0. The van der Waals surface area contributed by atoms with Gasteiger partial charge in [0, 0.05) is 0 Å². The zero-order chi connectivity index (χ0) is 13.1. The van der Waals surface area contributed by atoms with Gasteiger partial charge >= 0.3 is 0 Å². The molecule has 1 nitrogen and oxygen atoms in total. The number of hydrogen-bond acceptors (Lipinski definition) is 1. The minimum absolute atomic E-state index is 0.139. The Bertz CT molecular complexity index is 505. The van der Waals surface area contributed by atoms with Crippen LogP contribution < -0.4 is 0 Å². The van der Waals surface area contributed by atoms with Gasteiger partial charge in [-0.25, -0.2) is 0 Å². The maximum Gasteiger partial charge on any atom is 0.119 e. The Morgan fingerprint density at radius 2 is 1.47 bits per heavy atom. The zero-order valence-corrected chi connectivity index (χ0v) is 11.0. The largest absolute Gasteiger partial charge is 0.358 e. The van der Waals surface area contributed by atoms with Crippen molar-refractivity contribution in [2.24, 2.45) is 0 Å². The second kappa shape index (κ2) is 5.02. The SMILES string of the molecule is C=CC1CCC(c2ccccc2)(c2ccccc2)O1. The topological polar surface area (TPSA) is 9.23 Å². The van der Waals surface area contributed by atoms with E-state index in [1.54, 1.807) is 0 Å². The summed E-state index contributed by atoms with van der Waals surface area (Å²) >= 11 is 0. The number of ether oxygens (including phenoxy) is 1. The van der Waals surface area contributed by atoms with Crippen LogP contribution in [0.4, 0.5) is 0 Å². The average Bonchev–Trinajstić information content (AvgIpc) is 2.95. The van der Waals surface area contributed by atoms with Gasteiger partial charge in [0.2, 0.25) is 0 Å². The maximum absolute atomic E-state index is 6.35. The number of hydrogen-bond donors (Lipinski definition) is 0. The first-order chi connectivity index (χ1) is 9.35. The van der Waals surface area contributed by atoms with Crippen LogP contribution in [0, 0.1) is 0 Å². The lowest BCUT2D eigenvalue weighted by molar-refractivity contribution is 0.00414. The van der Waals surface area contributed by atoms with Crippen molar-refractivity contribution < 1.29 is 4.74 Å². The fraction of sp³-hybridized carbons (Fsp3) is 0.222. The molecule has 96 valence electrons. The van der Waals surface area contributed by atoms with E-state index in [-0.39, 0.29) is 11.7 Å². The zero-order valence-electron chi connectivity index (χ0n) is 11.0. The van der Waals surface area contributed by atoms with Crippen molar-refractivity contribution in [2.75, 3.05) is 0 Å². The second-order valence-corrected chi connectivity index (χ2v) is 4.99. The molecule has 1 unspecified atom stereocenters. The molecule has 0 spiro atoms. The smallest absolute Gasteiger partial charge is 0.119 e. The molecule has 2 aromatic rings. The summed E-state index contributed by atoms with van der Waals surface area (Å²) in [6.45, 7) is 3.87. The van der Waals surface area contributed by atoms with E-state index >= 15 is 0 Å². The van der Waals surface area contributed by atoms with Gasteiger partial charge in [0.05, 0.1) is 6.10 Å². The predicted molar refractivity (Wildman–Crippen MR) is 78.0 cm³/mol. The number of rotatable bonds is 3. The lowest BCUT2D eigenvalue weighted by atomic mass is 9.84. The summed E-state index contributed by atoms with van der Waals surface area (Å²) in [6.07, 6.45) is 4.07. The van der Waals surface area contributed by atoms with E-state index in [4.69, 9.17) is 4.74 Å². The van der Waals surface area contributed by atoms with E-state index in [2.05, 4.69) is 55.1 Å². The second-order valence-electron chi connectivity index (χ2n) is 4.99. The Morgan fingerprint density at radius 3 is 1.89 bits per heavy atom. The molecule has 3 rings (SSSR count). The first-order valence-corrected chi connectivity index (χ1v) is 6.76. The molecule has 0 aromatic heterocycles. The molecule has 1 aliphatic heterocycles. The van der Waals surface area contributed by atoms with Crippen molar-refractivity contribution in [2.45, 2.75) is 24.5 Å². The van der Waals surface area contributed by atoms with Crippen LogP contribution in [0.2, 0.25) is 0 Å². The van der Waals surface area contributed by atoms with Crippen molar-refractivity contribution in [1.29, 1.82) is 0 Å². The van der Waals surface area contributed by atoms with Gasteiger partial charge in [0.1, 0.15) is 5.60 Å². The summed E-state index contributed by atoms with van der Waals surface area (Å²) in [5, 5.41) is 0. The van der Waals surface area contributed by atoms with Crippen LogP contribution in [0.5, 0.6) is 0 Å². The fourth-order valence-corrected chi connectivity index (χ4v) is 2.89. The highest BCUT2D eigenvalue weighted by Crippen LogP contribution is 2.44. The van der Waals surface area contributed by atoms with E-state index in [9.17, 15) is 0 Å². The molecule has 1 heteroatoms. The summed E-state index contributed by atoms with van der Waals surface area (Å²) in [6, 6.07) is 21.0. The molecule has 2 aromatic carbocycles. The minimum Gasteiger partial charge on any atom is -0.358 e. The van der Waals surface area contributed by atoms with Crippen LogP contribution in [-0.2, 0) is 10.3 Å². The van der Waals surface area contributed by atoms with E-state index < -0.39 is 0 Å². The molecule has 19 heavy (non-hydrogen) atoms. The highest BCUT2D eigenvalue weighted by molar-refractivity contribution is 5.37. The maximum atomic E-state index is 6.35. The predicted octanol–water partition coefficient (Wildman–Crippen LogP) is 4.30. The molecule has 0 amide bonds. The fourth-order valence-electron chi connectivity index (χ4n) is 2.89. The summed E-state index contributed by atoms with van der Waals surface area (Å²) in [5.41, 5.74) is 2.14. The Morgan fingerprint density at radius 1 is 0.947 bits per heavy atom. The molecule has 1 heterocycles. The average molecular weight is 250 g/mol. The van der Waals surface area contributed by atoms with E-state index in [1.807, 2.05) is 18.2 Å². The standard InChI is InChI=1S/C18H18O/c1-2-17-13-14-18(19-17,15-9-5-3-6-10-15)16-11-7-4-8-12-16/h2-12,17H,1,13-14H2. The summed E-state index contributed by atoms with van der Waals surface area (Å²) < 4.78 is 6.35. The van der Waals surface area contributed by atoms with Crippen molar-refractivity contribution >= 4 is 0 Å². The van der Waals surface area contributed by atoms with Crippen LogP contribution >= 0.6 is 0 Å². The molecule has 1 atom stereocenters. The first-order valence-electron chi connectivity index (χ1n) is 6.76. The van der Waals surface area contributed by atoms with E-state index in [0.717, 1.165) is 12.8 Å². The van der Waals surface area contributed by atoms with Gasteiger partial charge in [-0.2, -0.15) is 0 Å². The van der Waals surface area contributed by atoms with Crippen molar-refractivity contribution in [3.63, 3.8) is 0 Å². The van der Waals surface area contributed by atoms with Gasteiger partial charge in [-0.1, -0.05) is 66.7 Å². The lowest BCUT2D eigenvalue weighted by Crippen LogP contribution is -2.27. The molecule has 1 fully saturated rings. The van der Waals surface area contributed by atoms with Crippen molar-refractivity contribution in [1.82, 2.24) is 0 Å². The Balaban J connectivity index is 2.10. The third-order valence-electron chi connectivity index (χ3n) is 3.88. The molecule has 0 aliphatic carbocycles. The Kier molecular flexibility index (Phi) is 3.22. The highest BCUT2D eigenvalue weighted by atomic mass is 16.5. The van der Waals surface area contributed by atoms with Gasteiger partial charge in [-0.15, -0.1) is 6.58 Å². The van der Waals surface area contributed by atoms with Crippen LogP contribution in [0.15, 0.2) is 73.3 Å². The third kappa shape index (κ3) is 2.11. The molecule has 0 N–H and O–H groups in total. The van der Waals surface area contributed by atoms with Gasteiger partial charge in [-0.3, -0.25) is 0 Å². The number of benzene rings is 2. The van der Waals surface area contributed by atoms with Gasteiger partial charge in [0.15, 0.2) is 0 Å².